The number of ether oxygens (including phenoxy) is 1. The van der Waals surface area contributed by atoms with Gasteiger partial charge < -0.3 is 4.74 Å². The lowest BCUT2D eigenvalue weighted by molar-refractivity contribution is 0.0988. The van der Waals surface area contributed by atoms with Crippen LogP contribution in [0.15, 0.2) is 36.4 Å². The minimum absolute atomic E-state index is 0.0642. The Labute approximate surface area is 119 Å². The molecule has 0 saturated heterocycles. The number of benzene rings is 2. The largest absolute Gasteiger partial charge is 0.497 e. The minimum Gasteiger partial charge on any atom is -0.497 e. The van der Waals surface area contributed by atoms with Gasteiger partial charge in [-0.25, -0.2) is 8.78 Å². The second kappa shape index (κ2) is 6.01. The zero-order valence-electron chi connectivity index (χ0n) is 10.6. The zero-order chi connectivity index (χ0) is 14.7. The van der Waals surface area contributed by atoms with E-state index in [0.29, 0.717) is 5.75 Å². The summed E-state index contributed by atoms with van der Waals surface area (Å²) in [4.78, 5) is 12.0. The van der Waals surface area contributed by atoms with Gasteiger partial charge >= 0.3 is 0 Å². The van der Waals surface area contributed by atoms with Crippen LogP contribution in [-0.2, 0) is 6.42 Å². The molecular weight excluding hydrogens is 286 g/mol. The fraction of sp³-hybridized carbons (Fsp3) is 0.133. The maximum absolute atomic E-state index is 13.8. The number of carbonyl (C=O) groups is 1. The van der Waals surface area contributed by atoms with Gasteiger partial charge in [-0.1, -0.05) is 17.7 Å². The number of ketones is 1. The molecule has 0 fully saturated rings. The molecule has 2 aromatic carbocycles. The summed E-state index contributed by atoms with van der Waals surface area (Å²) in [6, 6.07) is 8.02. The third-order valence-electron chi connectivity index (χ3n) is 2.88. The molecule has 2 nitrogen and oxygen atoms in total. The van der Waals surface area contributed by atoms with E-state index < -0.39 is 17.4 Å². The van der Waals surface area contributed by atoms with Crippen molar-refractivity contribution in [2.45, 2.75) is 6.42 Å². The van der Waals surface area contributed by atoms with Gasteiger partial charge in [0.05, 0.1) is 12.7 Å². The second-order valence-electron chi connectivity index (χ2n) is 4.15. The molecule has 5 heteroatoms. The normalized spacial score (nSPS) is 10.4. The van der Waals surface area contributed by atoms with Gasteiger partial charge in [-0.2, -0.15) is 0 Å². The topological polar surface area (TPSA) is 26.3 Å². The molecule has 0 saturated carbocycles. The third kappa shape index (κ3) is 2.96. The lowest BCUT2D eigenvalue weighted by Gasteiger charge is -2.07. The van der Waals surface area contributed by atoms with Gasteiger partial charge in [0, 0.05) is 23.1 Å². The first-order valence-corrected chi connectivity index (χ1v) is 6.20. The van der Waals surface area contributed by atoms with Gasteiger partial charge in [-0.3, -0.25) is 4.79 Å². The van der Waals surface area contributed by atoms with Gasteiger partial charge in [-0.15, -0.1) is 0 Å². The van der Waals surface area contributed by atoms with Crippen molar-refractivity contribution in [3.63, 3.8) is 0 Å². The van der Waals surface area contributed by atoms with Crippen LogP contribution in [0.4, 0.5) is 8.78 Å². The molecule has 2 rings (SSSR count). The number of hydrogen-bond donors (Lipinski definition) is 0. The molecule has 0 unspecified atom stereocenters. The predicted octanol–water partition coefficient (Wildman–Crippen LogP) is 4.05. The van der Waals surface area contributed by atoms with Crippen molar-refractivity contribution >= 4 is 17.4 Å². The van der Waals surface area contributed by atoms with Crippen LogP contribution in [0.2, 0.25) is 5.02 Å². The van der Waals surface area contributed by atoms with Gasteiger partial charge in [0.2, 0.25) is 0 Å². The van der Waals surface area contributed by atoms with Crippen LogP contribution < -0.4 is 4.74 Å². The van der Waals surface area contributed by atoms with E-state index in [2.05, 4.69) is 0 Å². The van der Waals surface area contributed by atoms with Gasteiger partial charge in [0.15, 0.2) is 5.78 Å². The molecule has 0 spiro atoms. The van der Waals surface area contributed by atoms with Gasteiger partial charge in [0.25, 0.3) is 0 Å². The maximum Gasteiger partial charge on any atom is 0.170 e. The maximum atomic E-state index is 13.8. The average Bonchev–Trinajstić information content (AvgIpc) is 2.42. The van der Waals surface area contributed by atoms with Crippen molar-refractivity contribution in [3.8, 4) is 5.75 Å². The Morgan fingerprint density at radius 1 is 1.20 bits per heavy atom. The minimum atomic E-state index is -0.707. The predicted molar refractivity (Wildman–Crippen MR) is 72.4 cm³/mol. The van der Waals surface area contributed by atoms with Crippen molar-refractivity contribution < 1.29 is 18.3 Å². The molecule has 0 aromatic heterocycles. The first-order valence-electron chi connectivity index (χ1n) is 5.82. The number of rotatable bonds is 4. The van der Waals surface area contributed by atoms with E-state index in [1.54, 1.807) is 0 Å². The molecule has 0 bridgehead atoms. The summed E-state index contributed by atoms with van der Waals surface area (Å²) in [7, 11) is 1.40. The third-order valence-corrected chi connectivity index (χ3v) is 3.23. The van der Waals surface area contributed by atoms with E-state index in [1.165, 1.54) is 37.4 Å². The highest BCUT2D eigenvalue weighted by Crippen LogP contribution is 2.23. The molecule has 2 aromatic rings. The molecule has 104 valence electrons. The molecule has 0 atom stereocenters. The summed E-state index contributed by atoms with van der Waals surface area (Å²) < 4.78 is 32.2. The zero-order valence-corrected chi connectivity index (χ0v) is 11.4. The molecule has 0 N–H and O–H groups in total. The molecule has 0 aliphatic carbocycles. The quantitative estimate of drug-likeness (QED) is 0.796. The summed E-state index contributed by atoms with van der Waals surface area (Å²) in [6.45, 7) is 0. The van der Waals surface area contributed by atoms with Crippen LogP contribution in [0.5, 0.6) is 5.75 Å². The SMILES string of the molecule is COc1ccc(C(=O)Cc2c(F)cccc2Cl)c(F)c1. The van der Waals surface area contributed by atoms with Crippen LogP contribution in [0.1, 0.15) is 15.9 Å². The lowest BCUT2D eigenvalue weighted by atomic mass is 10.0. The summed E-state index contributed by atoms with van der Waals surface area (Å²) in [5.74, 6) is -1.53. The number of hydrogen-bond acceptors (Lipinski definition) is 2. The fourth-order valence-electron chi connectivity index (χ4n) is 1.81. The van der Waals surface area contributed by atoms with E-state index >= 15 is 0 Å². The average molecular weight is 297 g/mol. The molecule has 20 heavy (non-hydrogen) atoms. The van der Waals surface area contributed by atoms with Crippen molar-refractivity contribution in [3.05, 3.63) is 64.2 Å². The Balaban J connectivity index is 2.29. The van der Waals surface area contributed by atoms with Crippen molar-refractivity contribution in [1.82, 2.24) is 0 Å². The van der Waals surface area contributed by atoms with Crippen LogP contribution >= 0.6 is 11.6 Å². The van der Waals surface area contributed by atoms with Gasteiger partial charge in [0.1, 0.15) is 17.4 Å². The van der Waals surface area contributed by atoms with Crippen molar-refractivity contribution in [2.75, 3.05) is 7.11 Å². The number of Topliss-reactive ketones (excluding diaryl/α,β-unsaturated/α-hetero) is 1. The van der Waals surface area contributed by atoms with E-state index in [-0.39, 0.29) is 22.6 Å². The Morgan fingerprint density at radius 3 is 2.55 bits per heavy atom. The van der Waals surface area contributed by atoms with Crippen molar-refractivity contribution in [2.24, 2.45) is 0 Å². The summed E-state index contributed by atoms with van der Waals surface area (Å²) >= 11 is 5.84. The molecule has 0 radical (unpaired) electrons. The van der Waals surface area contributed by atoms with Crippen LogP contribution in [0.3, 0.4) is 0 Å². The number of methoxy groups -OCH3 is 1. The van der Waals surface area contributed by atoms with E-state index in [9.17, 15) is 13.6 Å². The van der Waals surface area contributed by atoms with Crippen LogP contribution in [0.25, 0.3) is 0 Å². The van der Waals surface area contributed by atoms with E-state index in [4.69, 9.17) is 16.3 Å². The first kappa shape index (κ1) is 14.5. The molecule has 0 aliphatic heterocycles. The highest BCUT2D eigenvalue weighted by atomic mass is 35.5. The van der Waals surface area contributed by atoms with Crippen molar-refractivity contribution in [1.29, 1.82) is 0 Å². The summed E-state index contributed by atoms with van der Waals surface area (Å²) in [5, 5.41) is 0.146. The van der Waals surface area contributed by atoms with Crippen LogP contribution in [0, 0.1) is 11.6 Å². The molecule has 0 aliphatic rings. The Hall–Kier alpha value is -1.94. The smallest absolute Gasteiger partial charge is 0.170 e. The highest BCUT2D eigenvalue weighted by molar-refractivity contribution is 6.31. The summed E-state index contributed by atoms with van der Waals surface area (Å²) in [6.07, 6.45) is -0.297. The summed E-state index contributed by atoms with van der Waals surface area (Å²) in [5.41, 5.74) is -0.0560. The Morgan fingerprint density at radius 2 is 1.95 bits per heavy atom. The molecule has 0 amide bonds. The number of halogens is 3. The molecule has 0 heterocycles. The Bertz CT molecular complexity index is 636. The molecular formula is C15H11ClF2O2. The number of carbonyl (C=O) groups excluding carboxylic acids is 1. The fourth-order valence-corrected chi connectivity index (χ4v) is 2.04. The van der Waals surface area contributed by atoms with E-state index in [0.717, 1.165) is 6.07 Å². The standard InChI is InChI=1S/C15H11ClF2O2/c1-20-9-5-6-10(14(18)7-9)15(19)8-11-12(16)3-2-4-13(11)17/h2-7H,8H2,1H3. The van der Waals surface area contributed by atoms with Crippen LogP contribution in [-0.4, -0.2) is 12.9 Å². The Kier molecular flexibility index (Phi) is 4.35. The first-order chi connectivity index (χ1) is 9.52. The van der Waals surface area contributed by atoms with E-state index in [1.807, 2.05) is 0 Å². The lowest BCUT2D eigenvalue weighted by Crippen LogP contribution is -2.08. The van der Waals surface area contributed by atoms with Gasteiger partial charge in [-0.05, 0) is 24.3 Å². The monoisotopic (exact) mass is 296 g/mol. The highest BCUT2D eigenvalue weighted by Gasteiger charge is 2.17. The second-order valence-corrected chi connectivity index (χ2v) is 4.55.